The molecule has 1 N–H and O–H groups in total. The van der Waals surface area contributed by atoms with Crippen LogP contribution in [0.25, 0.3) is 0 Å². The highest BCUT2D eigenvalue weighted by atomic mass is 35.5. The number of quaternary nitrogens is 1. The van der Waals surface area contributed by atoms with Gasteiger partial charge < -0.3 is 0 Å². The molecule has 0 aromatic heterocycles. The highest BCUT2D eigenvalue weighted by Gasteiger charge is 2.47. The number of carbonyl (C=O) groups is 2. The van der Waals surface area contributed by atoms with Crippen molar-refractivity contribution >= 4 is 29.4 Å². The standard InChI is InChI=1S/C10H10ClN3O2/c1-14(2)10(16)13(9(15)12-14)8-5-3-7(11)4-6-8/h3-6H,1-2H3/p+1. The largest absolute Gasteiger partial charge is 0.456 e. The van der Waals surface area contributed by atoms with Crippen molar-refractivity contribution in [1.82, 2.24) is 5.43 Å². The van der Waals surface area contributed by atoms with E-state index in [2.05, 4.69) is 5.43 Å². The van der Waals surface area contributed by atoms with Crippen LogP contribution < -0.4 is 10.3 Å². The number of urea groups is 2. The second-order valence-electron chi connectivity index (χ2n) is 3.96. The number of hydrogen-bond donors (Lipinski definition) is 1. The van der Waals surface area contributed by atoms with Crippen molar-refractivity contribution in [3.63, 3.8) is 0 Å². The molecule has 4 amide bonds. The number of imide groups is 1. The molecule has 84 valence electrons. The van der Waals surface area contributed by atoms with E-state index in [-0.39, 0.29) is 10.6 Å². The summed E-state index contributed by atoms with van der Waals surface area (Å²) in [5, 5.41) is 0.560. The molecular weight excluding hydrogens is 230 g/mol. The summed E-state index contributed by atoms with van der Waals surface area (Å²) in [6, 6.07) is 5.77. The van der Waals surface area contributed by atoms with E-state index in [0.29, 0.717) is 10.7 Å². The van der Waals surface area contributed by atoms with E-state index in [9.17, 15) is 9.59 Å². The molecule has 1 saturated heterocycles. The SMILES string of the molecule is C[N+]1(C)NC(=O)N(c2ccc(Cl)cc2)C1=O. The summed E-state index contributed by atoms with van der Waals surface area (Å²) in [5.74, 6) is 0. The fourth-order valence-corrected chi connectivity index (χ4v) is 1.62. The molecule has 5 nitrogen and oxygen atoms in total. The van der Waals surface area contributed by atoms with Gasteiger partial charge in [0.1, 0.15) is 14.1 Å². The molecule has 1 aromatic carbocycles. The lowest BCUT2D eigenvalue weighted by molar-refractivity contribution is -0.838. The second-order valence-corrected chi connectivity index (χ2v) is 4.40. The Morgan fingerprint density at radius 2 is 1.75 bits per heavy atom. The average Bonchev–Trinajstić information content (AvgIpc) is 2.39. The predicted molar refractivity (Wildman–Crippen MR) is 60.0 cm³/mol. The predicted octanol–water partition coefficient (Wildman–Crippen LogP) is 1.98. The molecule has 0 radical (unpaired) electrons. The van der Waals surface area contributed by atoms with Crippen LogP contribution in [0.5, 0.6) is 0 Å². The van der Waals surface area contributed by atoms with Gasteiger partial charge in [0.2, 0.25) is 0 Å². The van der Waals surface area contributed by atoms with Gasteiger partial charge in [-0.05, 0) is 24.3 Å². The van der Waals surface area contributed by atoms with E-state index in [0.717, 1.165) is 4.90 Å². The van der Waals surface area contributed by atoms with Gasteiger partial charge in [-0.25, -0.2) is 9.59 Å². The zero-order valence-corrected chi connectivity index (χ0v) is 9.65. The second kappa shape index (κ2) is 3.47. The lowest BCUT2D eigenvalue weighted by Gasteiger charge is -2.16. The van der Waals surface area contributed by atoms with Crippen LogP contribution in [0, 0.1) is 0 Å². The van der Waals surface area contributed by atoms with Gasteiger partial charge in [0, 0.05) is 5.02 Å². The van der Waals surface area contributed by atoms with Crippen molar-refractivity contribution in [2.24, 2.45) is 0 Å². The molecule has 0 spiro atoms. The van der Waals surface area contributed by atoms with Crippen molar-refractivity contribution in [2.75, 3.05) is 19.0 Å². The summed E-state index contributed by atoms with van der Waals surface area (Å²) in [6.45, 7) is 0. The van der Waals surface area contributed by atoms with Crippen molar-refractivity contribution < 1.29 is 14.2 Å². The third kappa shape index (κ3) is 1.64. The van der Waals surface area contributed by atoms with Gasteiger partial charge in [0.15, 0.2) is 0 Å². The van der Waals surface area contributed by atoms with Crippen LogP contribution in [-0.4, -0.2) is 30.7 Å². The number of nitrogens with one attached hydrogen (secondary N) is 1. The molecule has 2 rings (SSSR count). The molecule has 0 bridgehead atoms. The van der Waals surface area contributed by atoms with Crippen molar-refractivity contribution in [1.29, 1.82) is 0 Å². The van der Waals surface area contributed by atoms with Gasteiger partial charge in [-0.1, -0.05) is 11.6 Å². The summed E-state index contributed by atoms with van der Waals surface area (Å²) in [6.07, 6.45) is 0. The first-order valence-electron chi connectivity index (χ1n) is 4.68. The Labute approximate surface area is 97.8 Å². The molecule has 0 saturated carbocycles. The first-order chi connectivity index (χ1) is 7.42. The summed E-state index contributed by atoms with van der Waals surface area (Å²) >= 11 is 5.74. The zero-order valence-electron chi connectivity index (χ0n) is 8.90. The van der Waals surface area contributed by atoms with E-state index in [1.807, 2.05) is 0 Å². The molecule has 1 aliphatic rings. The molecule has 0 unspecified atom stereocenters. The van der Waals surface area contributed by atoms with E-state index in [4.69, 9.17) is 11.6 Å². The molecule has 0 atom stereocenters. The van der Waals surface area contributed by atoms with Gasteiger partial charge >= 0.3 is 12.1 Å². The lowest BCUT2D eigenvalue weighted by Crippen LogP contribution is -2.49. The Kier molecular flexibility index (Phi) is 2.36. The molecule has 16 heavy (non-hydrogen) atoms. The first kappa shape index (κ1) is 10.9. The van der Waals surface area contributed by atoms with Crippen LogP contribution in [-0.2, 0) is 0 Å². The molecule has 0 aliphatic carbocycles. The Morgan fingerprint density at radius 1 is 1.19 bits per heavy atom. The first-order valence-corrected chi connectivity index (χ1v) is 5.06. The van der Waals surface area contributed by atoms with Gasteiger partial charge in [-0.3, -0.25) is 0 Å². The molecule has 1 fully saturated rings. The minimum absolute atomic E-state index is 0.193. The average molecular weight is 241 g/mol. The number of carbonyl (C=O) groups excluding carboxylic acids is 2. The van der Waals surface area contributed by atoms with Crippen LogP contribution in [0.15, 0.2) is 24.3 Å². The summed E-state index contributed by atoms with van der Waals surface area (Å²) in [5.41, 5.74) is 3.06. The van der Waals surface area contributed by atoms with Gasteiger partial charge in [0.05, 0.1) is 5.69 Å². The minimum atomic E-state index is -0.433. The summed E-state index contributed by atoms with van der Waals surface area (Å²) < 4.78 is -0.193. The maximum atomic E-state index is 11.9. The number of benzene rings is 1. The maximum Gasteiger partial charge on any atom is 0.456 e. The van der Waals surface area contributed by atoms with Crippen LogP contribution in [0.2, 0.25) is 5.02 Å². The van der Waals surface area contributed by atoms with Gasteiger partial charge in [-0.15, -0.1) is 4.59 Å². The maximum absolute atomic E-state index is 11.9. The third-order valence-electron chi connectivity index (χ3n) is 2.33. The number of nitrogens with zero attached hydrogens (tertiary/aromatic N) is 2. The summed E-state index contributed by atoms with van der Waals surface area (Å²) in [7, 11) is 3.21. The van der Waals surface area contributed by atoms with Crippen LogP contribution in [0.1, 0.15) is 0 Å². The monoisotopic (exact) mass is 240 g/mol. The fourth-order valence-electron chi connectivity index (χ4n) is 1.49. The Bertz CT molecular complexity index is 456. The molecule has 1 aliphatic heterocycles. The van der Waals surface area contributed by atoms with Crippen LogP contribution >= 0.6 is 11.6 Å². The highest BCUT2D eigenvalue weighted by molar-refractivity contribution is 6.30. The number of hydrogen-bond acceptors (Lipinski definition) is 2. The van der Waals surface area contributed by atoms with Gasteiger partial charge in [-0.2, -0.15) is 10.3 Å². The molecule has 6 heteroatoms. The number of rotatable bonds is 1. The normalized spacial score (nSPS) is 18.8. The van der Waals surface area contributed by atoms with E-state index in [1.54, 1.807) is 38.4 Å². The van der Waals surface area contributed by atoms with E-state index in [1.165, 1.54) is 0 Å². The number of amides is 4. The fraction of sp³-hybridized carbons (Fsp3) is 0.200. The van der Waals surface area contributed by atoms with Crippen molar-refractivity contribution in [3.05, 3.63) is 29.3 Å². The lowest BCUT2D eigenvalue weighted by atomic mass is 10.3. The van der Waals surface area contributed by atoms with Crippen LogP contribution in [0.3, 0.4) is 0 Å². The van der Waals surface area contributed by atoms with Gasteiger partial charge in [0.25, 0.3) is 0 Å². The molecular formula is C10H11ClN3O2+. The minimum Gasteiger partial charge on any atom is -0.242 e. The molecule has 1 aromatic rings. The third-order valence-corrected chi connectivity index (χ3v) is 2.58. The van der Waals surface area contributed by atoms with Crippen LogP contribution in [0.4, 0.5) is 15.3 Å². The smallest absolute Gasteiger partial charge is 0.242 e. The number of anilines is 1. The molecule has 1 heterocycles. The van der Waals surface area contributed by atoms with E-state index >= 15 is 0 Å². The quantitative estimate of drug-likeness (QED) is 0.763. The number of halogens is 1. The van der Waals surface area contributed by atoms with Crippen molar-refractivity contribution in [2.45, 2.75) is 0 Å². The zero-order chi connectivity index (χ0) is 11.9. The Hall–Kier alpha value is -1.59. The summed E-state index contributed by atoms with van der Waals surface area (Å²) in [4.78, 5) is 24.6. The van der Waals surface area contributed by atoms with Crippen molar-refractivity contribution in [3.8, 4) is 0 Å². The Balaban J connectivity index is 2.39. The van der Waals surface area contributed by atoms with E-state index < -0.39 is 6.03 Å². The Morgan fingerprint density at radius 3 is 2.19 bits per heavy atom. The highest BCUT2D eigenvalue weighted by Crippen LogP contribution is 2.23. The topological polar surface area (TPSA) is 49.4 Å².